The van der Waals surface area contributed by atoms with Crippen LogP contribution in [0.1, 0.15) is 12.0 Å². The summed E-state index contributed by atoms with van der Waals surface area (Å²) in [6, 6.07) is 27.0. The Kier molecular flexibility index (Phi) is 5.92. The number of para-hydroxylation sites is 1. The highest BCUT2D eigenvalue weighted by Gasteiger charge is 2.10. The molecular formula is C21H22N2O2S. The summed E-state index contributed by atoms with van der Waals surface area (Å²) < 4.78 is 27.1. The van der Waals surface area contributed by atoms with Gasteiger partial charge < -0.3 is 5.32 Å². The predicted molar refractivity (Wildman–Crippen MR) is 108 cm³/mol. The Morgan fingerprint density at radius 2 is 1.19 bits per heavy atom. The van der Waals surface area contributed by atoms with Crippen LogP contribution in [0.3, 0.4) is 0 Å². The first kappa shape index (κ1) is 18.0. The van der Waals surface area contributed by atoms with Gasteiger partial charge >= 0.3 is 0 Å². The van der Waals surface area contributed by atoms with Crippen molar-refractivity contribution >= 4 is 27.1 Å². The van der Waals surface area contributed by atoms with Gasteiger partial charge in [-0.05, 0) is 54.8 Å². The van der Waals surface area contributed by atoms with E-state index in [2.05, 4.69) is 10.0 Å². The van der Waals surface area contributed by atoms with Crippen molar-refractivity contribution in [1.82, 2.24) is 0 Å². The molecule has 0 spiro atoms. The van der Waals surface area contributed by atoms with Crippen molar-refractivity contribution < 1.29 is 8.42 Å². The summed E-state index contributed by atoms with van der Waals surface area (Å²) in [5.41, 5.74) is 3.62. The molecule has 0 atom stereocenters. The molecule has 0 heterocycles. The first-order valence-electron chi connectivity index (χ1n) is 8.57. The van der Waals surface area contributed by atoms with E-state index in [1.807, 2.05) is 72.8 Å². The molecule has 0 aliphatic rings. The summed E-state index contributed by atoms with van der Waals surface area (Å²) in [5.74, 6) is 0.103. The topological polar surface area (TPSA) is 58.2 Å². The standard InChI is InChI=1S/C21H22N2O2S/c24-26(25,17-7-10-18-8-3-1-4-9-18)23-21-15-13-20(14-16-21)22-19-11-5-2-6-12-19/h1-6,8-9,11-16,22-23H,7,10,17H2. The molecule has 0 saturated heterocycles. The highest BCUT2D eigenvalue weighted by atomic mass is 32.2. The van der Waals surface area contributed by atoms with E-state index < -0.39 is 10.0 Å². The number of sulfonamides is 1. The number of hydrogen-bond acceptors (Lipinski definition) is 3. The molecule has 26 heavy (non-hydrogen) atoms. The third kappa shape index (κ3) is 5.63. The van der Waals surface area contributed by atoms with Crippen molar-refractivity contribution in [2.75, 3.05) is 15.8 Å². The highest BCUT2D eigenvalue weighted by molar-refractivity contribution is 7.92. The minimum Gasteiger partial charge on any atom is -0.356 e. The molecule has 134 valence electrons. The number of hydrogen-bond donors (Lipinski definition) is 2. The molecular weight excluding hydrogens is 344 g/mol. The number of benzene rings is 3. The zero-order valence-corrected chi connectivity index (χ0v) is 15.2. The SMILES string of the molecule is O=S(=O)(CCCc1ccccc1)Nc1ccc(Nc2ccccc2)cc1. The minimum absolute atomic E-state index is 0.103. The van der Waals surface area contributed by atoms with Crippen LogP contribution in [0.4, 0.5) is 17.1 Å². The molecule has 4 nitrogen and oxygen atoms in total. The number of anilines is 3. The summed E-state index contributed by atoms with van der Waals surface area (Å²) in [7, 11) is -3.35. The van der Waals surface area contributed by atoms with E-state index in [1.165, 1.54) is 0 Å². The molecule has 3 aromatic carbocycles. The number of rotatable bonds is 8. The van der Waals surface area contributed by atoms with Gasteiger partial charge in [-0.2, -0.15) is 0 Å². The molecule has 0 amide bonds. The van der Waals surface area contributed by atoms with Crippen molar-refractivity contribution in [1.29, 1.82) is 0 Å². The lowest BCUT2D eigenvalue weighted by molar-refractivity contribution is 0.598. The van der Waals surface area contributed by atoms with Gasteiger partial charge in [0, 0.05) is 17.1 Å². The molecule has 0 bridgehead atoms. The summed E-state index contributed by atoms with van der Waals surface area (Å²) in [6.07, 6.45) is 1.34. The van der Waals surface area contributed by atoms with Crippen molar-refractivity contribution in [3.05, 3.63) is 90.5 Å². The van der Waals surface area contributed by atoms with Crippen LogP contribution in [0.25, 0.3) is 0 Å². The Hall–Kier alpha value is -2.79. The largest absolute Gasteiger partial charge is 0.356 e. The Labute approximate surface area is 155 Å². The third-order valence-electron chi connectivity index (χ3n) is 3.94. The average molecular weight is 366 g/mol. The highest BCUT2D eigenvalue weighted by Crippen LogP contribution is 2.19. The summed E-state index contributed by atoms with van der Waals surface area (Å²) in [6.45, 7) is 0. The maximum absolute atomic E-state index is 12.2. The fourth-order valence-electron chi connectivity index (χ4n) is 2.65. The van der Waals surface area contributed by atoms with E-state index in [9.17, 15) is 8.42 Å². The summed E-state index contributed by atoms with van der Waals surface area (Å²) >= 11 is 0. The van der Waals surface area contributed by atoms with Crippen LogP contribution in [0.5, 0.6) is 0 Å². The van der Waals surface area contributed by atoms with E-state index in [4.69, 9.17) is 0 Å². The molecule has 0 radical (unpaired) electrons. The smallest absolute Gasteiger partial charge is 0.232 e. The fourth-order valence-corrected chi connectivity index (χ4v) is 3.77. The number of nitrogens with one attached hydrogen (secondary N) is 2. The lowest BCUT2D eigenvalue weighted by Gasteiger charge is -2.10. The van der Waals surface area contributed by atoms with E-state index in [1.54, 1.807) is 12.1 Å². The van der Waals surface area contributed by atoms with Gasteiger partial charge in [-0.3, -0.25) is 4.72 Å². The van der Waals surface area contributed by atoms with Crippen LogP contribution < -0.4 is 10.0 Å². The molecule has 0 unspecified atom stereocenters. The maximum Gasteiger partial charge on any atom is 0.232 e. The molecule has 2 N–H and O–H groups in total. The maximum atomic E-state index is 12.2. The molecule has 0 aliphatic carbocycles. The van der Waals surface area contributed by atoms with E-state index in [-0.39, 0.29) is 5.75 Å². The number of aryl methyl sites for hydroxylation is 1. The van der Waals surface area contributed by atoms with Gasteiger partial charge in [0.05, 0.1) is 5.75 Å². The zero-order chi connectivity index (χ0) is 18.2. The van der Waals surface area contributed by atoms with Crippen molar-refractivity contribution in [3.63, 3.8) is 0 Å². The monoisotopic (exact) mass is 366 g/mol. The van der Waals surface area contributed by atoms with Crippen LogP contribution in [0.15, 0.2) is 84.9 Å². The molecule has 0 aromatic heterocycles. The second kappa shape index (κ2) is 8.54. The second-order valence-corrected chi connectivity index (χ2v) is 7.92. The summed E-state index contributed by atoms with van der Waals surface area (Å²) in [4.78, 5) is 0. The Morgan fingerprint density at radius 1 is 0.654 bits per heavy atom. The van der Waals surface area contributed by atoms with Gasteiger partial charge in [-0.25, -0.2) is 8.42 Å². The van der Waals surface area contributed by atoms with Crippen molar-refractivity contribution in [3.8, 4) is 0 Å². The lowest BCUT2D eigenvalue weighted by Crippen LogP contribution is -2.17. The molecule has 3 rings (SSSR count). The van der Waals surface area contributed by atoms with Crippen LogP contribution >= 0.6 is 0 Å². The fraction of sp³-hybridized carbons (Fsp3) is 0.143. The second-order valence-electron chi connectivity index (χ2n) is 6.08. The molecule has 0 aliphatic heterocycles. The molecule has 0 fully saturated rings. The zero-order valence-electron chi connectivity index (χ0n) is 14.4. The van der Waals surface area contributed by atoms with E-state index in [0.717, 1.165) is 23.4 Å². The van der Waals surface area contributed by atoms with Gasteiger partial charge in [0.25, 0.3) is 0 Å². The van der Waals surface area contributed by atoms with Crippen LogP contribution in [0, 0.1) is 0 Å². The van der Waals surface area contributed by atoms with Gasteiger partial charge in [0.1, 0.15) is 0 Å². The van der Waals surface area contributed by atoms with E-state index >= 15 is 0 Å². The Balaban J connectivity index is 1.52. The van der Waals surface area contributed by atoms with Gasteiger partial charge in [0.15, 0.2) is 0 Å². The van der Waals surface area contributed by atoms with Crippen molar-refractivity contribution in [2.45, 2.75) is 12.8 Å². The third-order valence-corrected chi connectivity index (χ3v) is 5.31. The van der Waals surface area contributed by atoms with Crippen LogP contribution in [0.2, 0.25) is 0 Å². The minimum atomic E-state index is -3.35. The first-order chi connectivity index (χ1) is 12.6. The molecule has 3 aromatic rings. The quantitative estimate of drug-likeness (QED) is 0.602. The normalized spacial score (nSPS) is 11.1. The van der Waals surface area contributed by atoms with Gasteiger partial charge in [0.2, 0.25) is 10.0 Å². The predicted octanol–water partition coefficient (Wildman–Crippen LogP) is 4.80. The average Bonchev–Trinajstić information content (AvgIpc) is 2.65. The van der Waals surface area contributed by atoms with Crippen molar-refractivity contribution in [2.24, 2.45) is 0 Å². The Morgan fingerprint density at radius 3 is 1.85 bits per heavy atom. The Bertz CT molecular complexity index is 909. The lowest BCUT2D eigenvalue weighted by atomic mass is 10.1. The van der Waals surface area contributed by atoms with Crippen LogP contribution in [-0.4, -0.2) is 14.2 Å². The first-order valence-corrected chi connectivity index (χ1v) is 10.2. The van der Waals surface area contributed by atoms with Crippen LogP contribution in [-0.2, 0) is 16.4 Å². The van der Waals surface area contributed by atoms with Gasteiger partial charge in [-0.15, -0.1) is 0 Å². The molecule has 5 heteroatoms. The summed E-state index contributed by atoms with van der Waals surface area (Å²) in [5, 5.41) is 3.27. The van der Waals surface area contributed by atoms with Gasteiger partial charge in [-0.1, -0.05) is 48.5 Å². The molecule has 0 saturated carbocycles. The van der Waals surface area contributed by atoms with E-state index in [0.29, 0.717) is 12.1 Å².